The van der Waals surface area contributed by atoms with Crippen LogP contribution in [0.15, 0.2) is 24.3 Å². The van der Waals surface area contributed by atoms with Gasteiger partial charge in [0, 0.05) is 11.7 Å². The first-order valence-corrected chi connectivity index (χ1v) is 6.72. The number of hydrogen-bond donors (Lipinski definition) is 1. The minimum Gasteiger partial charge on any atom is -0.320 e. The summed E-state index contributed by atoms with van der Waals surface area (Å²) >= 11 is 0. The van der Waals surface area contributed by atoms with E-state index in [0.29, 0.717) is 0 Å². The second-order valence-electron chi connectivity index (χ2n) is 5.30. The topological polar surface area (TPSA) is 46.3 Å². The predicted octanol–water partition coefficient (Wildman–Crippen LogP) is 2.34. The molecule has 0 fully saturated rings. The van der Waals surface area contributed by atoms with Crippen LogP contribution >= 0.6 is 0 Å². The number of nitrogens with two attached hydrogens (primary N) is 1. The average molecular weight is 246 g/mol. The summed E-state index contributed by atoms with van der Waals surface area (Å²) in [6.45, 7) is 6.19. The number of hydrogen-bond acceptors (Lipinski definition) is 2. The summed E-state index contributed by atoms with van der Waals surface area (Å²) in [5.74, 6) is 0.277. The Kier molecular flexibility index (Phi) is 3.71. The van der Waals surface area contributed by atoms with Gasteiger partial charge >= 0.3 is 0 Å². The highest BCUT2D eigenvalue weighted by Gasteiger charge is 2.34. The van der Waals surface area contributed by atoms with Gasteiger partial charge in [0.2, 0.25) is 5.91 Å². The van der Waals surface area contributed by atoms with E-state index in [1.54, 1.807) is 0 Å². The number of carbonyl (C=O) groups excluding carboxylic acids is 1. The van der Waals surface area contributed by atoms with E-state index < -0.39 is 6.04 Å². The SMILES string of the molecule is CC[C@H](C)[C@H](N)C(=O)N1c2ccccc2CC1C. The van der Waals surface area contributed by atoms with Crippen LogP contribution < -0.4 is 10.6 Å². The number of rotatable bonds is 3. The molecule has 18 heavy (non-hydrogen) atoms. The maximum atomic E-state index is 12.5. The normalized spacial score (nSPS) is 21.6. The second-order valence-corrected chi connectivity index (χ2v) is 5.30. The maximum absolute atomic E-state index is 12.5. The molecule has 3 atom stereocenters. The summed E-state index contributed by atoms with van der Waals surface area (Å²) in [7, 11) is 0. The van der Waals surface area contributed by atoms with E-state index in [0.717, 1.165) is 18.5 Å². The lowest BCUT2D eigenvalue weighted by atomic mass is 9.98. The summed E-state index contributed by atoms with van der Waals surface area (Å²) in [4.78, 5) is 14.4. The van der Waals surface area contributed by atoms with Gasteiger partial charge in [-0.2, -0.15) is 0 Å². The highest BCUT2D eigenvalue weighted by molar-refractivity contribution is 5.99. The molecule has 3 nitrogen and oxygen atoms in total. The van der Waals surface area contributed by atoms with Gasteiger partial charge in [0.05, 0.1) is 6.04 Å². The molecule has 0 spiro atoms. The summed E-state index contributed by atoms with van der Waals surface area (Å²) in [6, 6.07) is 7.92. The molecule has 1 aromatic rings. The zero-order valence-electron chi connectivity index (χ0n) is 11.4. The van der Waals surface area contributed by atoms with Crippen LogP contribution in [0.3, 0.4) is 0 Å². The van der Waals surface area contributed by atoms with E-state index in [1.165, 1.54) is 5.56 Å². The lowest BCUT2D eigenvalue weighted by Gasteiger charge is -2.28. The molecule has 0 saturated carbocycles. The highest BCUT2D eigenvalue weighted by Crippen LogP contribution is 2.32. The molecule has 0 radical (unpaired) electrons. The van der Waals surface area contributed by atoms with E-state index in [1.807, 2.05) is 30.0 Å². The largest absolute Gasteiger partial charge is 0.320 e. The number of carbonyl (C=O) groups is 1. The van der Waals surface area contributed by atoms with Crippen molar-refractivity contribution in [2.45, 2.75) is 45.7 Å². The van der Waals surface area contributed by atoms with E-state index >= 15 is 0 Å². The van der Waals surface area contributed by atoms with Crippen LogP contribution in [0.4, 0.5) is 5.69 Å². The Morgan fingerprint density at radius 1 is 1.50 bits per heavy atom. The standard InChI is InChI=1S/C15H22N2O/c1-4-10(2)14(16)15(18)17-11(3)9-12-7-5-6-8-13(12)17/h5-8,10-11,14H,4,9,16H2,1-3H3/t10-,11?,14-/m0/s1. The van der Waals surface area contributed by atoms with Crippen molar-refractivity contribution in [2.75, 3.05) is 4.90 Å². The number of nitrogens with zero attached hydrogens (tertiary/aromatic N) is 1. The molecule has 2 rings (SSSR count). The number of fused-ring (bicyclic) bond motifs is 1. The van der Waals surface area contributed by atoms with Crippen molar-refractivity contribution in [2.24, 2.45) is 11.7 Å². The molecule has 0 aromatic heterocycles. The van der Waals surface area contributed by atoms with Crippen LogP contribution in [0.25, 0.3) is 0 Å². The van der Waals surface area contributed by atoms with Crippen LogP contribution in [-0.4, -0.2) is 18.0 Å². The zero-order chi connectivity index (χ0) is 13.3. The molecule has 0 saturated heterocycles. The Morgan fingerprint density at radius 3 is 2.83 bits per heavy atom. The Bertz CT molecular complexity index is 444. The first kappa shape index (κ1) is 13.1. The lowest BCUT2D eigenvalue weighted by molar-refractivity contribution is -0.121. The Hall–Kier alpha value is -1.35. The van der Waals surface area contributed by atoms with Crippen molar-refractivity contribution in [3.8, 4) is 0 Å². The van der Waals surface area contributed by atoms with Gasteiger partial charge in [-0.15, -0.1) is 0 Å². The molecule has 98 valence electrons. The summed E-state index contributed by atoms with van der Waals surface area (Å²) < 4.78 is 0. The van der Waals surface area contributed by atoms with Gasteiger partial charge in [-0.25, -0.2) is 0 Å². The minimum atomic E-state index is -0.399. The third-order valence-corrected chi connectivity index (χ3v) is 3.99. The molecule has 0 bridgehead atoms. The first-order chi connectivity index (χ1) is 8.56. The van der Waals surface area contributed by atoms with Crippen LogP contribution in [0, 0.1) is 5.92 Å². The molecule has 1 aliphatic rings. The van der Waals surface area contributed by atoms with E-state index in [-0.39, 0.29) is 17.9 Å². The van der Waals surface area contributed by atoms with Crippen molar-refractivity contribution in [3.05, 3.63) is 29.8 Å². The van der Waals surface area contributed by atoms with Gasteiger partial charge in [-0.1, -0.05) is 38.5 Å². The summed E-state index contributed by atoms with van der Waals surface area (Å²) in [5.41, 5.74) is 8.36. The Labute approximate surface area is 109 Å². The second kappa shape index (κ2) is 5.11. The molecule has 1 aromatic carbocycles. The number of anilines is 1. The monoisotopic (exact) mass is 246 g/mol. The first-order valence-electron chi connectivity index (χ1n) is 6.72. The van der Waals surface area contributed by atoms with E-state index in [2.05, 4.69) is 19.9 Å². The fourth-order valence-electron chi connectivity index (χ4n) is 2.56. The molecule has 1 amide bonds. The number of para-hydroxylation sites is 1. The average Bonchev–Trinajstić information content (AvgIpc) is 2.71. The molecule has 1 unspecified atom stereocenters. The molecule has 3 heteroatoms. The quantitative estimate of drug-likeness (QED) is 0.889. The van der Waals surface area contributed by atoms with E-state index in [4.69, 9.17) is 5.73 Å². The van der Waals surface area contributed by atoms with Crippen LogP contribution in [0.5, 0.6) is 0 Å². The van der Waals surface area contributed by atoms with Crippen molar-refractivity contribution < 1.29 is 4.79 Å². The third-order valence-electron chi connectivity index (χ3n) is 3.99. The Balaban J connectivity index is 2.26. The molecule has 0 aliphatic carbocycles. The fourth-order valence-corrected chi connectivity index (χ4v) is 2.56. The summed E-state index contributed by atoms with van der Waals surface area (Å²) in [5, 5.41) is 0. The zero-order valence-corrected chi connectivity index (χ0v) is 11.4. The van der Waals surface area contributed by atoms with Gasteiger partial charge < -0.3 is 10.6 Å². The number of benzene rings is 1. The minimum absolute atomic E-state index is 0.0572. The van der Waals surface area contributed by atoms with Crippen LogP contribution in [-0.2, 0) is 11.2 Å². The summed E-state index contributed by atoms with van der Waals surface area (Å²) in [6.07, 6.45) is 1.85. The highest BCUT2D eigenvalue weighted by atomic mass is 16.2. The molecule has 2 N–H and O–H groups in total. The molecule has 1 heterocycles. The smallest absolute Gasteiger partial charge is 0.244 e. The molecular weight excluding hydrogens is 224 g/mol. The molecule has 1 aliphatic heterocycles. The number of amides is 1. The van der Waals surface area contributed by atoms with Gasteiger partial charge in [-0.05, 0) is 30.9 Å². The van der Waals surface area contributed by atoms with Crippen LogP contribution in [0.1, 0.15) is 32.8 Å². The van der Waals surface area contributed by atoms with E-state index in [9.17, 15) is 4.79 Å². The van der Waals surface area contributed by atoms with Crippen molar-refractivity contribution >= 4 is 11.6 Å². The Morgan fingerprint density at radius 2 is 2.17 bits per heavy atom. The van der Waals surface area contributed by atoms with Gasteiger partial charge in [-0.3, -0.25) is 4.79 Å². The van der Waals surface area contributed by atoms with Gasteiger partial charge in [0.1, 0.15) is 0 Å². The van der Waals surface area contributed by atoms with Crippen LogP contribution in [0.2, 0.25) is 0 Å². The van der Waals surface area contributed by atoms with Gasteiger partial charge in [0.25, 0.3) is 0 Å². The van der Waals surface area contributed by atoms with Crippen molar-refractivity contribution in [1.82, 2.24) is 0 Å². The molecular formula is C15H22N2O. The third kappa shape index (κ3) is 2.15. The van der Waals surface area contributed by atoms with Gasteiger partial charge in [0.15, 0.2) is 0 Å². The maximum Gasteiger partial charge on any atom is 0.244 e. The lowest BCUT2D eigenvalue weighted by Crippen LogP contribution is -2.49. The predicted molar refractivity (Wildman–Crippen MR) is 74.5 cm³/mol. The van der Waals surface area contributed by atoms with Crippen molar-refractivity contribution in [3.63, 3.8) is 0 Å². The van der Waals surface area contributed by atoms with Crippen molar-refractivity contribution in [1.29, 1.82) is 0 Å². The fraction of sp³-hybridized carbons (Fsp3) is 0.533.